The molecule has 1 amide bonds. The number of hydrogen-bond donors (Lipinski definition) is 1. The van der Waals surface area contributed by atoms with Crippen LogP contribution >= 0.6 is 0 Å². The van der Waals surface area contributed by atoms with Gasteiger partial charge in [0.2, 0.25) is 0 Å². The van der Waals surface area contributed by atoms with Gasteiger partial charge >= 0.3 is 0 Å². The highest BCUT2D eigenvalue weighted by Crippen LogP contribution is 2.26. The van der Waals surface area contributed by atoms with Crippen LogP contribution in [0, 0.1) is 0 Å². The number of amides is 1. The summed E-state index contributed by atoms with van der Waals surface area (Å²) in [6, 6.07) is 0.123. The highest BCUT2D eigenvalue weighted by Gasteiger charge is 2.33. The number of H-pyrrole nitrogens is 1. The summed E-state index contributed by atoms with van der Waals surface area (Å²) < 4.78 is 2.03. The third-order valence-corrected chi connectivity index (χ3v) is 5.35. The van der Waals surface area contributed by atoms with Crippen molar-refractivity contribution in [2.75, 3.05) is 26.7 Å². The number of aryl methyl sites for hydroxylation is 2. The van der Waals surface area contributed by atoms with E-state index in [1.54, 1.807) is 0 Å². The standard InChI is InChI=1S/C17H24N6O/c1-21-9-10-23(11-14(21)16-18-7-8-22(16)2)17(24)15-12-5-3-4-6-13(12)19-20-15/h7-8,14H,3-6,9-11H2,1-2H3,(H,19,20). The first-order chi connectivity index (χ1) is 11.6. The van der Waals surface area contributed by atoms with Crippen molar-refractivity contribution in [3.63, 3.8) is 0 Å². The Hall–Kier alpha value is -2.15. The van der Waals surface area contributed by atoms with Gasteiger partial charge in [-0.05, 0) is 32.7 Å². The van der Waals surface area contributed by atoms with Crippen LogP contribution in [0.2, 0.25) is 0 Å². The van der Waals surface area contributed by atoms with Crippen LogP contribution in [0.5, 0.6) is 0 Å². The molecule has 4 rings (SSSR count). The molecule has 0 saturated carbocycles. The van der Waals surface area contributed by atoms with Gasteiger partial charge < -0.3 is 9.47 Å². The summed E-state index contributed by atoms with van der Waals surface area (Å²) >= 11 is 0. The van der Waals surface area contributed by atoms with Gasteiger partial charge in [-0.3, -0.25) is 14.8 Å². The molecule has 3 heterocycles. The number of nitrogens with one attached hydrogen (secondary N) is 1. The topological polar surface area (TPSA) is 70.1 Å². The van der Waals surface area contributed by atoms with E-state index in [0.717, 1.165) is 49.4 Å². The highest BCUT2D eigenvalue weighted by molar-refractivity contribution is 5.94. The quantitative estimate of drug-likeness (QED) is 0.898. The van der Waals surface area contributed by atoms with Gasteiger partial charge in [0.05, 0.1) is 6.04 Å². The van der Waals surface area contributed by atoms with Crippen LogP contribution < -0.4 is 0 Å². The van der Waals surface area contributed by atoms with Gasteiger partial charge in [-0.15, -0.1) is 0 Å². The molecule has 1 unspecified atom stereocenters. The van der Waals surface area contributed by atoms with Crippen molar-refractivity contribution in [3.05, 3.63) is 35.2 Å². The smallest absolute Gasteiger partial charge is 0.274 e. The number of hydrogen-bond acceptors (Lipinski definition) is 4. The molecular weight excluding hydrogens is 304 g/mol. The molecule has 0 radical (unpaired) electrons. The second-order valence-corrected chi connectivity index (χ2v) is 6.88. The summed E-state index contributed by atoms with van der Waals surface area (Å²) in [7, 11) is 4.10. The number of carbonyl (C=O) groups excluding carboxylic acids is 1. The third-order valence-electron chi connectivity index (χ3n) is 5.35. The van der Waals surface area contributed by atoms with Crippen LogP contribution in [0.15, 0.2) is 12.4 Å². The molecule has 1 N–H and O–H groups in total. The molecule has 1 saturated heterocycles. The Kier molecular flexibility index (Phi) is 3.88. The van der Waals surface area contributed by atoms with E-state index in [4.69, 9.17) is 0 Å². The summed E-state index contributed by atoms with van der Waals surface area (Å²) in [5.74, 6) is 1.06. The van der Waals surface area contributed by atoms with E-state index in [1.165, 1.54) is 6.42 Å². The zero-order valence-corrected chi connectivity index (χ0v) is 14.3. The van der Waals surface area contributed by atoms with E-state index in [-0.39, 0.29) is 11.9 Å². The Bertz CT molecular complexity index is 748. The van der Waals surface area contributed by atoms with Gasteiger partial charge in [0, 0.05) is 50.3 Å². The van der Waals surface area contributed by atoms with E-state index in [9.17, 15) is 4.79 Å². The predicted molar refractivity (Wildman–Crippen MR) is 89.7 cm³/mol. The number of rotatable bonds is 2. The Morgan fingerprint density at radius 2 is 2.08 bits per heavy atom. The van der Waals surface area contributed by atoms with Crippen molar-refractivity contribution in [1.29, 1.82) is 0 Å². The maximum atomic E-state index is 13.0. The van der Waals surface area contributed by atoms with Crippen LogP contribution in [0.1, 0.15) is 46.5 Å². The van der Waals surface area contributed by atoms with Gasteiger partial charge in [-0.2, -0.15) is 5.10 Å². The Morgan fingerprint density at radius 1 is 1.25 bits per heavy atom. The molecule has 0 aromatic carbocycles. The predicted octanol–water partition coefficient (Wildman–Crippen LogP) is 1.15. The molecule has 2 aromatic rings. The van der Waals surface area contributed by atoms with E-state index in [0.29, 0.717) is 12.2 Å². The van der Waals surface area contributed by atoms with Crippen molar-refractivity contribution < 1.29 is 4.79 Å². The summed E-state index contributed by atoms with van der Waals surface area (Å²) in [6.07, 6.45) is 8.06. The van der Waals surface area contributed by atoms with Crippen molar-refractivity contribution >= 4 is 5.91 Å². The molecule has 1 atom stereocenters. The molecule has 24 heavy (non-hydrogen) atoms. The fourth-order valence-corrected chi connectivity index (χ4v) is 3.84. The minimum absolute atomic E-state index is 0.0571. The highest BCUT2D eigenvalue weighted by atomic mass is 16.2. The SMILES string of the molecule is CN1CCN(C(=O)c2n[nH]c3c2CCCC3)CC1c1nccn1C. The lowest BCUT2D eigenvalue weighted by molar-refractivity contribution is 0.0522. The van der Waals surface area contributed by atoms with Crippen LogP contribution in [0.25, 0.3) is 0 Å². The van der Waals surface area contributed by atoms with Gasteiger partial charge in [0.1, 0.15) is 5.82 Å². The minimum atomic E-state index is 0.0571. The summed E-state index contributed by atoms with van der Waals surface area (Å²) in [5.41, 5.74) is 2.92. The average molecular weight is 328 g/mol. The number of carbonyl (C=O) groups is 1. The number of imidazole rings is 1. The molecule has 2 aliphatic rings. The van der Waals surface area contributed by atoms with Crippen molar-refractivity contribution in [2.45, 2.75) is 31.7 Å². The molecule has 1 aliphatic carbocycles. The lowest BCUT2D eigenvalue weighted by atomic mass is 9.95. The summed E-state index contributed by atoms with van der Waals surface area (Å²) in [5, 5.41) is 7.43. The van der Waals surface area contributed by atoms with Crippen molar-refractivity contribution in [3.8, 4) is 0 Å². The van der Waals surface area contributed by atoms with Crippen LogP contribution in [0.3, 0.4) is 0 Å². The molecule has 1 fully saturated rings. The summed E-state index contributed by atoms with van der Waals surface area (Å²) in [4.78, 5) is 21.7. The molecule has 7 nitrogen and oxygen atoms in total. The maximum absolute atomic E-state index is 13.0. The minimum Gasteiger partial charge on any atom is -0.337 e. The fourth-order valence-electron chi connectivity index (χ4n) is 3.84. The lowest BCUT2D eigenvalue weighted by Gasteiger charge is -2.38. The number of likely N-dealkylation sites (N-methyl/N-ethyl adjacent to an activating group) is 1. The monoisotopic (exact) mass is 328 g/mol. The first-order valence-electron chi connectivity index (χ1n) is 8.68. The number of aromatic amines is 1. The fraction of sp³-hybridized carbons (Fsp3) is 0.588. The molecular formula is C17H24N6O. The Balaban J connectivity index is 1.57. The van der Waals surface area contributed by atoms with Crippen LogP contribution in [-0.2, 0) is 19.9 Å². The second-order valence-electron chi connectivity index (χ2n) is 6.88. The number of piperazine rings is 1. The third kappa shape index (κ3) is 2.53. The average Bonchev–Trinajstić information content (AvgIpc) is 3.21. The maximum Gasteiger partial charge on any atom is 0.274 e. The van der Waals surface area contributed by atoms with Crippen molar-refractivity contribution in [1.82, 2.24) is 29.5 Å². The van der Waals surface area contributed by atoms with Crippen LogP contribution in [-0.4, -0.2) is 62.1 Å². The molecule has 2 aromatic heterocycles. The van der Waals surface area contributed by atoms with E-state index >= 15 is 0 Å². The first kappa shape index (κ1) is 15.4. The first-order valence-corrected chi connectivity index (χ1v) is 8.68. The summed E-state index contributed by atoms with van der Waals surface area (Å²) in [6.45, 7) is 2.23. The van der Waals surface area contributed by atoms with Crippen molar-refractivity contribution in [2.24, 2.45) is 7.05 Å². The Labute approximate surface area is 141 Å². The number of nitrogens with zero attached hydrogens (tertiary/aromatic N) is 5. The van der Waals surface area contributed by atoms with Gasteiger partial charge in [-0.1, -0.05) is 0 Å². The largest absolute Gasteiger partial charge is 0.337 e. The van der Waals surface area contributed by atoms with E-state index in [2.05, 4.69) is 27.1 Å². The Morgan fingerprint density at radius 3 is 2.88 bits per heavy atom. The number of aromatic nitrogens is 4. The van der Waals surface area contributed by atoms with Gasteiger partial charge in [0.25, 0.3) is 5.91 Å². The van der Waals surface area contributed by atoms with E-state index in [1.807, 2.05) is 28.9 Å². The number of fused-ring (bicyclic) bond motifs is 1. The second kappa shape index (κ2) is 6.05. The zero-order chi connectivity index (χ0) is 16.7. The van der Waals surface area contributed by atoms with Crippen LogP contribution in [0.4, 0.5) is 0 Å². The van der Waals surface area contributed by atoms with Gasteiger partial charge in [-0.25, -0.2) is 4.98 Å². The zero-order valence-electron chi connectivity index (χ0n) is 14.3. The molecule has 7 heteroatoms. The normalized spacial score (nSPS) is 21.8. The molecule has 0 spiro atoms. The lowest BCUT2D eigenvalue weighted by Crippen LogP contribution is -2.49. The molecule has 0 bridgehead atoms. The van der Waals surface area contributed by atoms with Gasteiger partial charge in [0.15, 0.2) is 5.69 Å². The van der Waals surface area contributed by atoms with E-state index < -0.39 is 0 Å². The molecule has 128 valence electrons. The molecule has 1 aliphatic heterocycles.